The topological polar surface area (TPSA) is 43.4 Å². The van der Waals surface area contributed by atoms with Crippen LogP contribution in [0.15, 0.2) is 0 Å². The van der Waals surface area contributed by atoms with Crippen molar-refractivity contribution in [3.05, 3.63) is 0 Å². The second-order valence-corrected chi connectivity index (χ2v) is 1.55. The minimum absolute atomic E-state index is 1.52. The van der Waals surface area contributed by atoms with Gasteiger partial charge in [-0.25, -0.2) is 22.8 Å². The highest BCUT2D eigenvalue weighted by Gasteiger charge is 2.21. The van der Waals surface area contributed by atoms with Crippen molar-refractivity contribution in [2.75, 3.05) is 13.3 Å². The highest BCUT2D eigenvalue weighted by atomic mass is 19.2. The van der Waals surface area contributed by atoms with Crippen molar-refractivity contribution in [2.45, 2.75) is 6.17 Å². The van der Waals surface area contributed by atoms with Gasteiger partial charge in [-0.3, -0.25) is 0 Å². The number of hydrogen-bond acceptors (Lipinski definition) is 3. The molecule has 0 N–H and O–H groups in total. The fourth-order valence-electron chi connectivity index (χ4n) is 0.266. The van der Waals surface area contributed by atoms with Crippen LogP contribution in [0.3, 0.4) is 0 Å². The van der Waals surface area contributed by atoms with E-state index in [0.717, 1.165) is 0 Å². The number of carbonyl (C=O) groups excluding carboxylic acids is 2. The van der Waals surface area contributed by atoms with E-state index < -0.39 is 31.5 Å². The molecule has 0 amide bonds. The second-order valence-electron chi connectivity index (χ2n) is 1.55. The van der Waals surface area contributed by atoms with Crippen molar-refractivity contribution in [3.8, 4) is 0 Å². The summed E-state index contributed by atoms with van der Waals surface area (Å²) in [4.78, 5) is 20.1. The first kappa shape index (κ1) is 9.93. The predicted octanol–water partition coefficient (Wildman–Crippen LogP) is 0.333. The maximum absolute atomic E-state index is 11.9. The molecule has 0 aromatic carbocycles. The van der Waals surface area contributed by atoms with Crippen LogP contribution >= 0.6 is 0 Å². The van der Waals surface area contributed by atoms with E-state index in [-0.39, 0.29) is 0 Å². The first-order valence-electron chi connectivity index (χ1n) is 2.62. The molecule has 0 spiro atoms. The third-order valence-electron chi connectivity index (χ3n) is 0.715. The van der Waals surface area contributed by atoms with Crippen LogP contribution in [-0.4, -0.2) is 31.5 Å². The Kier molecular flexibility index (Phi) is 4.24. The van der Waals surface area contributed by atoms with E-state index >= 15 is 0 Å². The summed E-state index contributed by atoms with van der Waals surface area (Å²) < 4.78 is 38.0. The summed E-state index contributed by atoms with van der Waals surface area (Å²) in [6.07, 6.45) is -2.51. The van der Waals surface area contributed by atoms with Crippen molar-refractivity contribution >= 4 is 11.9 Å². The Bertz CT molecular complexity index is 159. The number of ether oxygens (including phenoxy) is 1. The second kappa shape index (κ2) is 4.70. The van der Waals surface area contributed by atoms with Crippen molar-refractivity contribution < 1.29 is 27.5 Å². The van der Waals surface area contributed by atoms with Gasteiger partial charge in [0.2, 0.25) is 6.17 Å². The van der Waals surface area contributed by atoms with Crippen LogP contribution in [0.4, 0.5) is 13.2 Å². The highest BCUT2D eigenvalue weighted by molar-refractivity contribution is 5.88. The van der Waals surface area contributed by atoms with E-state index in [1.165, 1.54) is 0 Å². The van der Waals surface area contributed by atoms with Crippen LogP contribution < -0.4 is 0 Å². The Balaban J connectivity index is 3.77. The van der Waals surface area contributed by atoms with E-state index in [1.54, 1.807) is 0 Å². The summed E-state index contributed by atoms with van der Waals surface area (Å²) in [7, 11) is 0. The Morgan fingerprint density at radius 3 is 2.27 bits per heavy atom. The van der Waals surface area contributed by atoms with Gasteiger partial charge in [-0.2, -0.15) is 0 Å². The summed E-state index contributed by atoms with van der Waals surface area (Å²) in [5.41, 5.74) is 0. The van der Waals surface area contributed by atoms with Gasteiger partial charge in [0.1, 0.15) is 6.67 Å². The Labute approximate surface area is 60.1 Å². The molecular formula is C5H5F3O3. The van der Waals surface area contributed by atoms with Gasteiger partial charge in [-0.15, -0.1) is 0 Å². The summed E-state index contributed by atoms with van der Waals surface area (Å²) in [5.74, 6) is -3.22. The Morgan fingerprint density at radius 2 is 1.91 bits per heavy atom. The molecule has 0 aliphatic rings. The van der Waals surface area contributed by atoms with E-state index in [4.69, 9.17) is 0 Å². The van der Waals surface area contributed by atoms with Crippen molar-refractivity contribution in [1.29, 1.82) is 0 Å². The average Bonchev–Trinajstić information content (AvgIpc) is 2.02. The zero-order valence-electron chi connectivity index (χ0n) is 5.35. The fraction of sp³-hybridized carbons (Fsp3) is 0.600. The maximum Gasteiger partial charge on any atom is 0.351 e. The van der Waals surface area contributed by atoms with Crippen LogP contribution in [0.2, 0.25) is 0 Å². The van der Waals surface area contributed by atoms with Crippen molar-refractivity contribution in [3.63, 3.8) is 0 Å². The molecule has 0 aliphatic carbocycles. The molecule has 0 aromatic rings. The largest absolute Gasteiger partial charge is 0.389 e. The number of esters is 2. The van der Waals surface area contributed by atoms with Gasteiger partial charge in [0, 0.05) is 0 Å². The molecule has 0 radical (unpaired) electrons. The van der Waals surface area contributed by atoms with Crippen LogP contribution in [0, 0.1) is 0 Å². The predicted molar refractivity (Wildman–Crippen MR) is 27.9 cm³/mol. The Morgan fingerprint density at radius 1 is 1.36 bits per heavy atom. The number of halogens is 3. The summed E-state index contributed by atoms with van der Waals surface area (Å²) >= 11 is 0. The van der Waals surface area contributed by atoms with Gasteiger partial charge in [0.15, 0.2) is 6.67 Å². The lowest BCUT2D eigenvalue weighted by Crippen LogP contribution is -2.24. The molecule has 0 aliphatic heterocycles. The minimum Gasteiger partial charge on any atom is -0.389 e. The van der Waals surface area contributed by atoms with Crippen molar-refractivity contribution in [2.24, 2.45) is 0 Å². The molecule has 6 heteroatoms. The van der Waals surface area contributed by atoms with Gasteiger partial charge >= 0.3 is 11.9 Å². The average molecular weight is 170 g/mol. The summed E-state index contributed by atoms with van der Waals surface area (Å²) in [6.45, 7) is -3.12. The van der Waals surface area contributed by atoms with E-state index in [1.807, 2.05) is 0 Å². The number of hydrogen-bond donors (Lipinski definition) is 0. The van der Waals surface area contributed by atoms with E-state index in [9.17, 15) is 22.8 Å². The molecule has 3 nitrogen and oxygen atoms in total. The third kappa shape index (κ3) is 3.59. The molecule has 1 atom stereocenters. The lowest BCUT2D eigenvalue weighted by molar-refractivity contribution is -0.164. The molecule has 11 heavy (non-hydrogen) atoms. The minimum atomic E-state index is -2.51. The maximum atomic E-state index is 11.9. The smallest absolute Gasteiger partial charge is 0.351 e. The molecule has 0 saturated heterocycles. The van der Waals surface area contributed by atoms with Crippen molar-refractivity contribution in [1.82, 2.24) is 0 Å². The number of alkyl halides is 3. The van der Waals surface area contributed by atoms with Crippen LogP contribution in [-0.2, 0) is 14.3 Å². The van der Waals surface area contributed by atoms with Gasteiger partial charge in [0.05, 0.1) is 0 Å². The molecule has 0 rings (SSSR count). The van der Waals surface area contributed by atoms with Gasteiger partial charge in [-0.05, 0) is 0 Å². The molecular weight excluding hydrogens is 165 g/mol. The molecule has 0 heterocycles. The zero-order chi connectivity index (χ0) is 8.85. The zero-order valence-corrected chi connectivity index (χ0v) is 5.35. The SMILES string of the molecule is O=C(CF)OC(=O)C(F)CF. The first-order valence-corrected chi connectivity index (χ1v) is 2.62. The standard InChI is InChI=1S/C5H5F3O3/c6-1-3(8)5(10)11-4(9)2-7/h3H,1-2H2. The van der Waals surface area contributed by atoms with E-state index in [0.29, 0.717) is 0 Å². The molecule has 0 aromatic heterocycles. The summed E-state index contributed by atoms with van der Waals surface area (Å²) in [6, 6.07) is 0. The van der Waals surface area contributed by atoms with Gasteiger partial charge < -0.3 is 4.74 Å². The lowest BCUT2D eigenvalue weighted by Gasteiger charge is -2.00. The van der Waals surface area contributed by atoms with Crippen LogP contribution in [0.25, 0.3) is 0 Å². The molecule has 0 fully saturated rings. The van der Waals surface area contributed by atoms with Crippen LogP contribution in [0.1, 0.15) is 0 Å². The third-order valence-corrected chi connectivity index (χ3v) is 0.715. The normalized spacial score (nSPS) is 12.3. The first-order chi connectivity index (χ1) is 5.11. The molecule has 1 unspecified atom stereocenters. The van der Waals surface area contributed by atoms with E-state index in [2.05, 4.69) is 4.74 Å². The molecule has 64 valence electrons. The van der Waals surface area contributed by atoms with Crippen LogP contribution in [0.5, 0.6) is 0 Å². The molecule has 0 bridgehead atoms. The van der Waals surface area contributed by atoms with Gasteiger partial charge in [-0.1, -0.05) is 0 Å². The quantitative estimate of drug-likeness (QED) is 0.453. The lowest BCUT2D eigenvalue weighted by atomic mass is 10.4. The summed E-state index contributed by atoms with van der Waals surface area (Å²) in [5, 5.41) is 0. The molecule has 0 saturated carbocycles. The Hall–Kier alpha value is -1.07. The van der Waals surface area contributed by atoms with Gasteiger partial charge in [0.25, 0.3) is 0 Å². The monoisotopic (exact) mass is 170 g/mol. The number of carbonyl (C=O) groups is 2. The number of rotatable bonds is 3. The highest BCUT2D eigenvalue weighted by Crippen LogP contribution is 1.96. The fourth-order valence-corrected chi connectivity index (χ4v) is 0.266.